The maximum Gasteiger partial charge on any atom is 0.254 e. The van der Waals surface area contributed by atoms with Gasteiger partial charge in [-0.2, -0.15) is 0 Å². The quantitative estimate of drug-likeness (QED) is 0.682. The fourth-order valence-electron chi connectivity index (χ4n) is 2.31. The van der Waals surface area contributed by atoms with Gasteiger partial charge < -0.3 is 14.1 Å². The van der Waals surface area contributed by atoms with Crippen molar-refractivity contribution in [1.29, 1.82) is 0 Å². The molecule has 3 rings (SSSR count). The number of ether oxygens (including phenoxy) is 1. The zero-order valence-electron chi connectivity index (χ0n) is 12.8. The number of rotatable bonds is 6. The second-order valence-electron chi connectivity index (χ2n) is 5.10. The highest BCUT2D eigenvalue weighted by Gasteiger charge is 2.17. The largest absolute Gasteiger partial charge is 0.497 e. The summed E-state index contributed by atoms with van der Waals surface area (Å²) in [6.45, 7) is 1.09. The van der Waals surface area contributed by atoms with Crippen LogP contribution in [-0.4, -0.2) is 17.9 Å². The molecule has 0 fully saturated rings. The predicted octanol–water partition coefficient (Wildman–Crippen LogP) is 4.19. The van der Waals surface area contributed by atoms with Gasteiger partial charge >= 0.3 is 0 Å². The molecule has 0 aliphatic carbocycles. The zero-order chi connectivity index (χ0) is 16.1. The normalized spacial score (nSPS) is 10.5. The minimum atomic E-state index is -0.0118. The molecule has 0 unspecified atom stereocenters. The molecule has 4 nitrogen and oxygen atoms in total. The first kappa shape index (κ1) is 15.4. The van der Waals surface area contributed by atoms with Crippen molar-refractivity contribution in [2.24, 2.45) is 0 Å². The van der Waals surface area contributed by atoms with Crippen LogP contribution in [0, 0.1) is 0 Å². The molecular weight excluding hydrogens is 310 g/mol. The molecule has 118 valence electrons. The molecule has 2 heterocycles. The van der Waals surface area contributed by atoms with E-state index in [1.165, 1.54) is 0 Å². The molecular formula is C18H17NO3S. The first-order valence-corrected chi connectivity index (χ1v) is 8.11. The number of furan rings is 1. The van der Waals surface area contributed by atoms with Crippen LogP contribution in [0.15, 0.2) is 64.8 Å². The van der Waals surface area contributed by atoms with Crippen molar-refractivity contribution in [3.63, 3.8) is 0 Å². The molecule has 0 N–H and O–H groups in total. The molecule has 0 radical (unpaired) electrons. The Kier molecular flexibility index (Phi) is 4.78. The summed E-state index contributed by atoms with van der Waals surface area (Å²) >= 11 is 1.65. The van der Waals surface area contributed by atoms with Gasteiger partial charge in [0.25, 0.3) is 5.91 Å². The topological polar surface area (TPSA) is 42.7 Å². The van der Waals surface area contributed by atoms with E-state index in [0.29, 0.717) is 18.7 Å². The highest BCUT2D eigenvalue weighted by molar-refractivity contribution is 7.09. The van der Waals surface area contributed by atoms with E-state index in [4.69, 9.17) is 9.15 Å². The van der Waals surface area contributed by atoms with E-state index in [1.807, 2.05) is 28.5 Å². The van der Waals surface area contributed by atoms with Gasteiger partial charge in [0.15, 0.2) is 0 Å². The lowest BCUT2D eigenvalue weighted by Crippen LogP contribution is -2.29. The zero-order valence-corrected chi connectivity index (χ0v) is 13.6. The Morgan fingerprint density at radius 3 is 2.61 bits per heavy atom. The molecule has 1 aromatic carbocycles. The van der Waals surface area contributed by atoms with E-state index in [2.05, 4.69) is 0 Å². The fraction of sp³-hybridized carbons (Fsp3) is 0.167. The van der Waals surface area contributed by atoms with E-state index in [0.717, 1.165) is 16.2 Å². The van der Waals surface area contributed by atoms with Crippen LogP contribution < -0.4 is 4.74 Å². The number of amides is 1. The van der Waals surface area contributed by atoms with Gasteiger partial charge in [0.05, 0.1) is 26.2 Å². The predicted molar refractivity (Wildman–Crippen MR) is 89.6 cm³/mol. The monoisotopic (exact) mass is 327 g/mol. The van der Waals surface area contributed by atoms with Gasteiger partial charge in [0.1, 0.15) is 5.75 Å². The van der Waals surface area contributed by atoms with Crippen molar-refractivity contribution in [2.45, 2.75) is 13.1 Å². The molecule has 0 atom stereocenters. The molecule has 2 aromatic heterocycles. The average Bonchev–Trinajstić information content (AvgIpc) is 3.27. The number of nitrogens with zero attached hydrogens (tertiary/aromatic N) is 1. The Balaban J connectivity index is 1.81. The van der Waals surface area contributed by atoms with Crippen molar-refractivity contribution in [1.82, 2.24) is 4.90 Å². The fourth-order valence-corrected chi connectivity index (χ4v) is 3.03. The summed E-state index contributed by atoms with van der Waals surface area (Å²) in [5.74, 6) is 0.725. The van der Waals surface area contributed by atoms with Gasteiger partial charge in [0.2, 0.25) is 0 Å². The number of carbonyl (C=O) groups excluding carboxylic acids is 1. The van der Waals surface area contributed by atoms with E-state index in [1.54, 1.807) is 55.2 Å². The third kappa shape index (κ3) is 3.81. The Morgan fingerprint density at radius 1 is 1.17 bits per heavy atom. The van der Waals surface area contributed by atoms with Gasteiger partial charge in [-0.15, -0.1) is 11.3 Å². The first-order valence-electron chi connectivity index (χ1n) is 7.23. The van der Waals surface area contributed by atoms with Crippen LogP contribution in [0.4, 0.5) is 0 Å². The van der Waals surface area contributed by atoms with Crippen LogP contribution in [-0.2, 0) is 13.1 Å². The van der Waals surface area contributed by atoms with Crippen molar-refractivity contribution < 1.29 is 13.9 Å². The van der Waals surface area contributed by atoms with Crippen molar-refractivity contribution >= 4 is 17.2 Å². The van der Waals surface area contributed by atoms with Gasteiger partial charge in [-0.1, -0.05) is 6.07 Å². The molecule has 1 amide bonds. The summed E-state index contributed by atoms with van der Waals surface area (Å²) in [7, 11) is 1.61. The second-order valence-corrected chi connectivity index (χ2v) is 6.13. The number of hydrogen-bond acceptors (Lipinski definition) is 4. The van der Waals surface area contributed by atoms with Gasteiger partial charge in [0, 0.05) is 22.5 Å². The number of benzene rings is 1. The lowest BCUT2D eigenvalue weighted by Gasteiger charge is -2.21. The van der Waals surface area contributed by atoms with Crippen LogP contribution in [0.5, 0.6) is 5.75 Å². The number of methoxy groups -OCH3 is 1. The van der Waals surface area contributed by atoms with Crippen LogP contribution in [0.25, 0.3) is 0 Å². The van der Waals surface area contributed by atoms with E-state index in [9.17, 15) is 4.79 Å². The Morgan fingerprint density at radius 2 is 2.00 bits per heavy atom. The van der Waals surface area contributed by atoms with E-state index < -0.39 is 0 Å². The third-order valence-electron chi connectivity index (χ3n) is 3.50. The van der Waals surface area contributed by atoms with Crippen LogP contribution in [0.3, 0.4) is 0 Å². The summed E-state index contributed by atoms with van der Waals surface area (Å²) in [5.41, 5.74) is 1.62. The summed E-state index contributed by atoms with van der Waals surface area (Å²) < 4.78 is 10.3. The molecule has 0 aliphatic rings. The number of carbonyl (C=O) groups is 1. The minimum absolute atomic E-state index is 0.0118. The summed E-state index contributed by atoms with van der Waals surface area (Å²) in [5, 5.41) is 2.02. The molecule has 0 aliphatic heterocycles. The highest BCUT2D eigenvalue weighted by atomic mass is 32.1. The maximum atomic E-state index is 12.9. The van der Waals surface area contributed by atoms with Crippen LogP contribution in [0.1, 0.15) is 20.8 Å². The summed E-state index contributed by atoms with van der Waals surface area (Å²) in [4.78, 5) is 15.8. The Labute approximate surface area is 138 Å². The van der Waals surface area contributed by atoms with E-state index in [-0.39, 0.29) is 5.91 Å². The smallest absolute Gasteiger partial charge is 0.254 e. The van der Waals surface area contributed by atoms with Gasteiger partial charge in [-0.3, -0.25) is 4.79 Å². The average molecular weight is 327 g/mol. The number of thiophene rings is 1. The lowest BCUT2D eigenvalue weighted by molar-refractivity contribution is 0.0731. The Bertz CT molecular complexity index is 697. The maximum absolute atomic E-state index is 12.9. The minimum Gasteiger partial charge on any atom is -0.497 e. The summed E-state index contributed by atoms with van der Waals surface area (Å²) in [6.07, 6.45) is 3.29. The number of hydrogen-bond donors (Lipinski definition) is 0. The van der Waals surface area contributed by atoms with Crippen molar-refractivity contribution in [3.05, 3.63) is 76.4 Å². The molecule has 5 heteroatoms. The standard InChI is InChI=1S/C18H17NO3S/c1-21-16-6-4-15(5-7-16)18(20)19(11-14-8-9-22-13-14)12-17-3-2-10-23-17/h2-10,13H,11-12H2,1H3. The molecule has 23 heavy (non-hydrogen) atoms. The van der Waals surface area contributed by atoms with Gasteiger partial charge in [-0.05, 0) is 41.8 Å². The molecule has 3 aromatic rings. The lowest BCUT2D eigenvalue weighted by atomic mass is 10.1. The SMILES string of the molecule is COc1ccc(C(=O)N(Cc2ccoc2)Cc2cccs2)cc1. The van der Waals surface area contributed by atoms with Gasteiger partial charge in [-0.25, -0.2) is 0 Å². The molecule has 0 saturated heterocycles. The van der Waals surface area contributed by atoms with Crippen molar-refractivity contribution in [2.75, 3.05) is 7.11 Å². The highest BCUT2D eigenvalue weighted by Crippen LogP contribution is 2.19. The molecule has 0 spiro atoms. The second kappa shape index (κ2) is 7.15. The van der Waals surface area contributed by atoms with Crippen LogP contribution >= 0.6 is 11.3 Å². The van der Waals surface area contributed by atoms with Crippen LogP contribution in [0.2, 0.25) is 0 Å². The molecule has 0 bridgehead atoms. The Hall–Kier alpha value is -2.53. The first-order chi connectivity index (χ1) is 11.3. The van der Waals surface area contributed by atoms with Crippen molar-refractivity contribution in [3.8, 4) is 5.75 Å². The summed E-state index contributed by atoms with van der Waals surface area (Å²) in [6, 6.07) is 13.1. The molecule has 0 saturated carbocycles. The third-order valence-corrected chi connectivity index (χ3v) is 4.37. The van der Waals surface area contributed by atoms with E-state index >= 15 is 0 Å².